The van der Waals surface area contributed by atoms with Gasteiger partial charge in [-0.2, -0.15) is 0 Å². The number of rotatable bonds is 3. The minimum absolute atomic E-state index is 0.0597. The van der Waals surface area contributed by atoms with Crippen molar-refractivity contribution in [2.75, 3.05) is 5.88 Å². The van der Waals surface area contributed by atoms with E-state index in [0.717, 1.165) is 38.5 Å². The van der Waals surface area contributed by atoms with E-state index in [1.165, 1.54) is 25.3 Å². The summed E-state index contributed by atoms with van der Waals surface area (Å²) in [4.78, 5) is 23.8. The van der Waals surface area contributed by atoms with Crippen molar-refractivity contribution >= 4 is 23.4 Å². The van der Waals surface area contributed by atoms with Crippen molar-refractivity contribution in [3.8, 4) is 0 Å². The van der Waals surface area contributed by atoms with Gasteiger partial charge < -0.3 is 4.74 Å². The summed E-state index contributed by atoms with van der Waals surface area (Å²) < 4.78 is 5.53. The summed E-state index contributed by atoms with van der Waals surface area (Å²) in [5.74, 6) is 2.48. The number of allylic oxidation sites excluding steroid dienone is 1. The van der Waals surface area contributed by atoms with Crippen LogP contribution in [-0.4, -0.2) is 23.7 Å². The van der Waals surface area contributed by atoms with Gasteiger partial charge in [-0.1, -0.05) is 25.5 Å². The molecule has 3 nitrogen and oxygen atoms in total. The van der Waals surface area contributed by atoms with Crippen molar-refractivity contribution in [3.05, 3.63) is 11.6 Å². The van der Waals surface area contributed by atoms with E-state index < -0.39 is 0 Å². The van der Waals surface area contributed by atoms with E-state index in [1.807, 2.05) is 0 Å². The van der Waals surface area contributed by atoms with E-state index in [-0.39, 0.29) is 40.5 Å². The van der Waals surface area contributed by atoms with E-state index in [2.05, 4.69) is 19.9 Å². The molecule has 0 amide bonds. The molecule has 3 fully saturated rings. The fourth-order valence-corrected chi connectivity index (χ4v) is 7.77. The molecule has 4 rings (SSSR count). The molecule has 0 radical (unpaired) electrons. The first-order valence-corrected chi connectivity index (χ1v) is 11.3. The van der Waals surface area contributed by atoms with Gasteiger partial charge in [0.1, 0.15) is 6.10 Å². The van der Waals surface area contributed by atoms with E-state index >= 15 is 0 Å². The third-order valence-electron chi connectivity index (χ3n) is 8.91. The summed E-state index contributed by atoms with van der Waals surface area (Å²) in [6, 6.07) is 0. The number of fused-ring (bicyclic) bond motifs is 5. The van der Waals surface area contributed by atoms with Crippen LogP contribution >= 0.6 is 11.6 Å². The van der Waals surface area contributed by atoms with Crippen LogP contribution in [0.15, 0.2) is 11.6 Å². The number of esters is 1. The zero-order chi connectivity index (χ0) is 19.4. The zero-order valence-corrected chi connectivity index (χ0v) is 17.7. The molecule has 0 saturated heterocycles. The topological polar surface area (TPSA) is 43.4 Å². The van der Waals surface area contributed by atoms with E-state index in [9.17, 15) is 9.59 Å². The van der Waals surface area contributed by atoms with Crippen LogP contribution in [0.5, 0.6) is 0 Å². The average Bonchev–Trinajstić information content (AvgIpc) is 2.98. The maximum absolute atomic E-state index is 12.5. The average molecular weight is 393 g/mol. The van der Waals surface area contributed by atoms with Crippen molar-refractivity contribution in [1.82, 2.24) is 0 Å². The fraction of sp³-hybridized carbons (Fsp3) is 0.826. The van der Waals surface area contributed by atoms with Crippen LogP contribution in [0.1, 0.15) is 72.1 Å². The normalized spacial score (nSPS) is 45.9. The van der Waals surface area contributed by atoms with Gasteiger partial charge in [-0.05, 0) is 73.5 Å². The molecule has 3 saturated carbocycles. The van der Waals surface area contributed by atoms with Crippen LogP contribution in [0, 0.1) is 34.5 Å². The first-order chi connectivity index (χ1) is 12.8. The highest BCUT2D eigenvalue weighted by atomic mass is 35.5. The molecular weight excluding hydrogens is 360 g/mol. The molecule has 0 aliphatic heterocycles. The molecule has 0 N–H and O–H groups in total. The number of halogens is 1. The number of ether oxygens (including phenoxy) is 1. The maximum Gasteiger partial charge on any atom is 0.302 e. The highest BCUT2D eigenvalue weighted by Crippen LogP contribution is 2.66. The van der Waals surface area contributed by atoms with Gasteiger partial charge in [-0.25, -0.2) is 0 Å². The van der Waals surface area contributed by atoms with Crippen molar-refractivity contribution < 1.29 is 14.3 Å². The summed E-state index contributed by atoms with van der Waals surface area (Å²) in [6.07, 6.45) is 11.2. The Bertz CT molecular complexity index is 671. The van der Waals surface area contributed by atoms with E-state index in [0.29, 0.717) is 17.8 Å². The first kappa shape index (κ1) is 19.5. The third kappa shape index (κ3) is 2.99. The smallest absolute Gasteiger partial charge is 0.302 e. The first-order valence-electron chi connectivity index (χ1n) is 10.7. The minimum Gasteiger partial charge on any atom is -0.462 e. The van der Waals surface area contributed by atoms with Crippen LogP contribution in [-0.2, 0) is 14.3 Å². The van der Waals surface area contributed by atoms with E-state index in [4.69, 9.17) is 16.3 Å². The van der Waals surface area contributed by atoms with E-state index in [1.54, 1.807) is 0 Å². The Balaban J connectivity index is 1.57. The molecule has 0 aromatic carbocycles. The lowest BCUT2D eigenvalue weighted by atomic mass is 9.47. The van der Waals surface area contributed by atoms with Crippen molar-refractivity contribution in [2.45, 2.75) is 78.2 Å². The number of hydrogen-bond donors (Lipinski definition) is 0. The summed E-state index contributed by atoms with van der Waals surface area (Å²) in [5, 5.41) is 0. The molecule has 4 unspecified atom stereocenters. The second-order valence-corrected chi connectivity index (χ2v) is 10.3. The molecular formula is C23H33ClO3. The molecule has 0 aromatic heterocycles. The molecule has 4 heteroatoms. The lowest BCUT2D eigenvalue weighted by molar-refractivity contribution is -0.149. The molecule has 4 aliphatic carbocycles. The Morgan fingerprint density at radius 3 is 2.63 bits per heavy atom. The number of alkyl halides is 1. The second kappa shape index (κ2) is 6.90. The lowest BCUT2D eigenvalue weighted by Gasteiger charge is -2.58. The Morgan fingerprint density at radius 2 is 1.93 bits per heavy atom. The van der Waals surface area contributed by atoms with Gasteiger partial charge in [0, 0.05) is 19.3 Å². The van der Waals surface area contributed by atoms with Crippen LogP contribution in [0.25, 0.3) is 0 Å². The van der Waals surface area contributed by atoms with Crippen LogP contribution in [0.3, 0.4) is 0 Å². The molecule has 0 bridgehead atoms. The summed E-state index contributed by atoms with van der Waals surface area (Å²) >= 11 is 5.93. The predicted octanol–water partition coefficient (Wildman–Crippen LogP) is 5.31. The van der Waals surface area contributed by atoms with Gasteiger partial charge in [0.15, 0.2) is 5.78 Å². The van der Waals surface area contributed by atoms with Gasteiger partial charge in [-0.3, -0.25) is 9.59 Å². The molecule has 0 aromatic rings. The highest BCUT2D eigenvalue weighted by molar-refractivity contribution is 6.28. The molecule has 27 heavy (non-hydrogen) atoms. The Labute approximate surface area is 168 Å². The molecule has 7 atom stereocenters. The number of carbonyl (C=O) groups is 2. The van der Waals surface area contributed by atoms with Crippen LogP contribution in [0.4, 0.5) is 0 Å². The Morgan fingerprint density at radius 1 is 1.15 bits per heavy atom. The number of hydrogen-bond acceptors (Lipinski definition) is 3. The van der Waals surface area contributed by atoms with Gasteiger partial charge in [0.05, 0.1) is 5.88 Å². The standard InChI is InChI=1S/C23H33ClO3/c1-14(25)27-16-8-10-22(2)15(12-16)4-5-17-18-6-7-20(21(26)13-24)23(18,3)11-9-19(17)22/h4,16-20H,5-13H2,1-3H3/t16-,17?,18?,19?,20?,22-,23-/m0/s1. The van der Waals surface area contributed by atoms with Crippen LogP contribution in [0.2, 0.25) is 0 Å². The van der Waals surface area contributed by atoms with Crippen molar-refractivity contribution in [1.29, 1.82) is 0 Å². The fourth-order valence-electron chi connectivity index (χ4n) is 7.58. The highest BCUT2D eigenvalue weighted by Gasteiger charge is 2.59. The van der Waals surface area contributed by atoms with Gasteiger partial charge >= 0.3 is 5.97 Å². The Kier molecular flexibility index (Phi) is 4.98. The molecule has 150 valence electrons. The monoisotopic (exact) mass is 392 g/mol. The second-order valence-electron chi connectivity index (χ2n) is 10.0. The summed E-state index contributed by atoms with van der Waals surface area (Å²) in [5.41, 5.74) is 1.91. The van der Waals surface area contributed by atoms with Gasteiger partial charge in [-0.15, -0.1) is 11.6 Å². The van der Waals surface area contributed by atoms with Gasteiger partial charge in [0.25, 0.3) is 0 Å². The molecule has 0 spiro atoms. The third-order valence-corrected chi connectivity index (χ3v) is 9.18. The quantitative estimate of drug-likeness (QED) is 0.371. The lowest BCUT2D eigenvalue weighted by Crippen LogP contribution is -2.51. The molecule has 4 aliphatic rings. The number of Topliss-reactive ketones (excluding diaryl/α,β-unsaturated/α-hetero) is 1. The minimum atomic E-state index is -0.160. The summed E-state index contributed by atoms with van der Waals surface area (Å²) in [7, 11) is 0. The van der Waals surface area contributed by atoms with Gasteiger partial charge in [0.2, 0.25) is 0 Å². The largest absolute Gasteiger partial charge is 0.462 e. The number of ketones is 1. The molecule has 0 heterocycles. The van der Waals surface area contributed by atoms with Crippen LogP contribution < -0.4 is 0 Å². The maximum atomic E-state index is 12.5. The SMILES string of the molecule is CC(=O)O[C@H]1CC[C@@]2(C)C(=CCC3C4CCC(C(=O)CCl)[C@@]4(C)CCC32)C1. The Hall–Kier alpha value is -0.830. The zero-order valence-electron chi connectivity index (χ0n) is 16.9. The summed E-state index contributed by atoms with van der Waals surface area (Å²) in [6.45, 7) is 6.34. The number of carbonyl (C=O) groups excluding carboxylic acids is 2. The van der Waals surface area contributed by atoms with Crippen molar-refractivity contribution in [2.24, 2.45) is 34.5 Å². The predicted molar refractivity (Wildman–Crippen MR) is 106 cm³/mol. The van der Waals surface area contributed by atoms with Crippen molar-refractivity contribution in [3.63, 3.8) is 0 Å².